The molecule has 0 saturated carbocycles. The lowest BCUT2D eigenvalue weighted by Gasteiger charge is -2.18. The Morgan fingerprint density at radius 1 is 1.20 bits per heavy atom. The lowest BCUT2D eigenvalue weighted by molar-refractivity contribution is -0.115. The molecule has 0 unspecified atom stereocenters. The number of carbonyl (C=O) groups excluding carboxylic acids is 1. The van der Waals surface area contributed by atoms with Crippen molar-refractivity contribution >= 4 is 11.6 Å². The summed E-state index contributed by atoms with van der Waals surface area (Å²) in [6, 6.07) is 7.44. The van der Waals surface area contributed by atoms with Crippen LogP contribution in [0.5, 0.6) is 5.75 Å². The molecule has 0 radical (unpaired) electrons. The molecule has 112 valence electrons. The summed E-state index contributed by atoms with van der Waals surface area (Å²) in [5, 5.41) is 5.60. The van der Waals surface area contributed by atoms with Crippen LogP contribution in [-0.2, 0) is 4.79 Å². The Morgan fingerprint density at radius 2 is 1.85 bits per heavy atom. The van der Waals surface area contributed by atoms with Gasteiger partial charge in [-0.1, -0.05) is 13.8 Å². The smallest absolute Gasteiger partial charge is 0.238 e. The number of nitrogens with one attached hydrogen (secondary N) is 2. The molecule has 0 spiro atoms. The second-order valence-corrected chi connectivity index (χ2v) is 4.48. The molecule has 0 heterocycles. The molecule has 1 aromatic carbocycles. The molecule has 0 aliphatic rings. The predicted molar refractivity (Wildman–Crippen MR) is 82.3 cm³/mol. The van der Waals surface area contributed by atoms with Crippen molar-refractivity contribution < 1.29 is 9.53 Å². The summed E-state index contributed by atoms with van der Waals surface area (Å²) in [7, 11) is 1.74. The van der Waals surface area contributed by atoms with E-state index in [1.54, 1.807) is 7.05 Å². The Kier molecular flexibility index (Phi) is 7.69. The van der Waals surface area contributed by atoms with E-state index in [1.165, 1.54) is 0 Å². The summed E-state index contributed by atoms with van der Waals surface area (Å²) >= 11 is 0. The van der Waals surface area contributed by atoms with Crippen LogP contribution in [0.15, 0.2) is 24.3 Å². The maximum Gasteiger partial charge on any atom is 0.238 e. The quantitative estimate of drug-likeness (QED) is 0.720. The Bertz CT molecular complexity index is 389. The van der Waals surface area contributed by atoms with Gasteiger partial charge in [0.15, 0.2) is 0 Å². The summed E-state index contributed by atoms with van der Waals surface area (Å²) < 4.78 is 5.68. The molecule has 20 heavy (non-hydrogen) atoms. The van der Waals surface area contributed by atoms with Gasteiger partial charge in [0.25, 0.3) is 0 Å². The summed E-state index contributed by atoms with van der Waals surface area (Å²) in [4.78, 5) is 13.7. The highest BCUT2D eigenvalue weighted by atomic mass is 16.5. The van der Waals surface area contributed by atoms with Crippen LogP contribution in [0, 0.1) is 0 Å². The molecule has 0 fully saturated rings. The van der Waals surface area contributed by atoms with Crippen LogP contribution >= 0.6 is 0 Å². The largest absolute Gasteiger partial charge is 0.492 e. The van der Waals surface area contributed by atoms with Crippen molar-refractivity contribution in [1.82, 2.24) is 10.2 Å². The SMILES string of the molecule is CCN(CC)CCOc1ccc(NC(=O)CNC)cc1. The van der Waals surface area contributed by atoms with Gasteiger partial charge in [0.1, 0.15) is 12.4 Å². The zero-order valence-corrected chi connectivity index (χ0v) is 12.6. The highest BCUT2D eigenvalue weighted by Gasteiger charge is 2.02. The van der Waals surface area contributed by atoms with Crippen LogP contribution in [0.2, 0.25) is 0 Å². The van der Waals surface area contributed by atoms with Crippen molar-refractivity contribution in [2.45, 2.75) is 13.8 Å². The van der Waals surface area contributed by atoms with Crippen molar-refractivity contribution in [3.05, 3.63) is 24.3 Å². The zero-order chi connectivity index (χ0) is 14.8. The second-order valence-electron chi connectivity index (χ2n) is 4.48. The molecule has 0 atom stereocenters. The van der Waals surface area contributed by atoms with E-state index in [9.17, 15) is 4.79 Å². The first-order chi connectivity index (χ1) is 9.69. The standard InChI is InChI=1S/C15H25N3O2/c1-4-18(5-2)10-11-20-14-8-6-13(7-9-14)17-15(19)12-16-3/h6-9,16H,4-5,10-12H2,1-3H3,(H,17,19). The summed E-state index contributed by atoms with van der Waals surface area (Å²) in [6.45, 7) is 8.27. The molecule has 5 heteroatoms. The summed E-state index contributed by atoms with van der Waals surface area (Å²) in [5.74, 6) is 0.770. The molecule has 0 saturated heterocycles. The van der Waals surface area contributed by atoms with Gasteiger partial charge in [-0.2, -0.15) is 0 Å². The Balaban J connectivity index is 2.37. The van der Waals surface area contributed by atoms with Crippen molar-refractivity contribution in [2.24, 2.45) is 0 Å². The number of hydrogen-bond acceptors (Lipinski definition) is 4. The molecular formula is C15H25N3O2. The molecule has 0 aliphatic carbocycles. The Labute approximate surface area is 121 Å². The minimum absolute atomic E-state index is 0.0531. The molecule has 1 rings (SSSR count). The monoisotopic (exact) mass is 279 g/mol. The van der Waals surface area contributed by atoms with Crippen molar-refractivity contribution in [3.63, 3.8) is 0 Å². The van der Waals surface area contributed by atoms with Gasteiger partial charge in [-0.15, -0.1) is 0 Å². The first-order valence-electron chi connectivity index (χ1n) is 7.09. The topological polar surface area (TPSA) is 53.6 Å². The van der Waals surface area contributed by atoms with Gasteiger partial charge in [-0.25, -0.2) is 0 Å². The van der Waals surface area contributed by atoms with Gasteiger partial charge < -0.3 is 20.3 Å². The number of anilines is 1. The normalized spacial score (nSPS) is 10.6. The summed E-state index contributed by atoms with van der Waals surface area (Å²) in [5.41, 5.74) is 0.779. The van der Waals surface area contributed by atoms with E-state index in [4.69, 9.17) is 4.74 Å². The van der Waals surface area contributed by atoms with Crippen LogP contribution in [0.25, 0.3) is 0 Å². The highest BCUT2D eigenvalue weighted by molar-refractivity contribution is 5.92. The maximum absolute atomic E-state index is 11.4. The number of nitrogens with zero attached hydrogens (tertiary/aromatic N) is 1. The Morgan fingerprint density at radius 3 is 2.40 bits per heavy atom. The molecule has 1 amide bonds. The number of rotatable bonds is 9. The average molecular weight is 279 g/mol. The van der Waals surface area contributed by atoms with Crippen molar-refractivity contribution in [1.29, 1.82) is 0 Å². The number of hydrogen-bond donors (Lipinski definition) is 2. The fraction of sp³-hybridized carbons (Fsp3) is 0.533. The first-order valence-corrected chi connectivity index (χ1v) is 7.09. The fourth-order valence-electron chi connectivity index (χ4n) is 1.83. The summed E-state index contributed by atoms with van der Waals surface area (Å²) in [6.07, 6.45) is 0. The molecule has 1 aromatic rings. The average Bonchev–Trinajstić information content (AvgIpc) is 2.45. The Hall–Kier alpha value is -1.59. The van der Waals surface area contributed by atoms with Crippen molar-refractivity contribution in [3.8, 4) is 5.75 Å². The van der Waals surface area contributed by atoms with Gasteiger partial charge >= 0.3 is 0 Å². The lowest BCUT2D eigenvalue weighted by Crippen LogP contribution is -2.27. The highest BCUT2D eigenvalue weighted by Crippen LogP contribution is 2.15. The van der Waals surface area contributed by atoms with E-state index in [2.05, 4.69) is 29.4 Å². The molecule has 0 bridgehead atoms. The minimum Gasteiger partial charge on any atom is -0.492 e. The number of ether oxygens (including phenoxy) is 1. The van der Waals surface area contributed by atoms with E-state index >= 15 is 0 Å². The molecular weight excluding hydrogens is 254 g/mol. The number of amides is 1. The van der Waals surface area contributed by atoms with Gasteiger partial charge in [0.05, 0.1) is 6.54 Å². The van der Waals surface area contributed by atoms with E-state index in [0.717, 1.165) is 31.1 Å². The number of carbonyl (C=O) groups is 1. The predicted octanol–water partition coefficient (Wildman–Crippen LogP) is 1.57. The molecule has 0 aromatic heterocycles. The lowest BCUT2D eigenvalue weighted by atomic mass is 10.3. The third kappa shape index (κ3) is 6.04. The number of likely N-dealkylation sites (N-methyl/N-ethyl adjacent to an activating group) is 2. The van der Waals surface area contributed by atoms with Gasteiger partial charge in [-0.3, -0.25) is 4.79 Å². The zero-order valence-electron chi connectivity index (χ0n) is 12.6. The second kappa shape index (κ2) is 9.34. The first kappa shape index (κ1) is 16.5. The van der Waals surface area contributed by atoms with Gasteiger partial charge in [0, 0.05) is 12.2 Å². The molecule has 5 nitrogen and oxygen atoms in total. The van der Waals surface area contributed by atoms with E-state index in [-0.39, 0.29) is 5.91 Å². The van der Waals surface area contributed by atoms with Crippen LogP contribution in [0.4, 0.5) is 5.69 Å². The van der Waals surface area contributed by atoms with Crippen molar-refractivity contribution in [2.75, 3.05) is 45.2 Å². The van der Waals surface area contributed by atoms with Gasteiger partial charge in [-0.05, 0) is 44.4 Å². The third-order valence-electron chi connectivity index (χ3n) is 3.05. The van der Waals surface area contributed by atoms with Crippen LogP contribution in [0.3, 0.4) is 0 Å². The van der Waals surface area contributed by atoms with Crippen LogP contribution in [0.1, 0.15) is 13.8 Å². The number of benzene rings is 1. The van der Waals surface area contributed by atoms with Crippen LogP contribution in [-0.4, -0.2) is 50.6 Å². The van der Waals surface area contributed by atoms with E-state index < -0.39 is 0 Å². The fourth-order valence-corrected chi connectivity index (χ4v) is 1.83. The molecule has 2 N–H and O–H groups in total. The maximum atomic E-state index is 11.4. The molecule has 0 aliphatic heterocycles. The minimum atomic E-state index is -0.0531. The van der Waals surface area contributed by atoms with Gasteiger partial charge in [0.2, 0.25) is 5.91 Å². The van der Waals surface area contributed by atoms with E-state index in [0.29, 0.717) is 13.2 Å². The van der Waals surface area contributed by atoms with E-state index in [1.807, 2.05) is 24.3 Å². The van der Waals surface area contributed by atoms with Crippen LogP contribution < -0.4 is 15.4 Å². The third-order valence-corrected chi connectivity index (χ3v) is 3.05.